The predicted molar refractivity (Wildman–Crippen MR) is 76.6 cm³/mol. The summed E-state index contributed by atoms with van der Waals surface area (Å²) in [6.07, 6.45) is 2.40. The van der Waals surface area contributed by atoms with E-state index in [2.05, 4.69) is 42.3 Å². The molecule has 3 heteroatoms. The summed E-state index contributed by atoms with van der Waals surface area (Å²) < 4.78 is 5.32. The lowest BCUT2D eigenvalue weighted by Gasteiger charge is -2.30. The molecule has 18 heavy (non-hydrogen) atoms. The molecular formula is C15H24N2O. The fourth-order valence-corrected chi connectivity index (χ4v) is 2.50. The summed E-state index contributed by atoms with van der Waals surface area (Å²) in [7, 11) is 1.73. The number of hydrogen-bond donors (Lipinski definition) is 1. The summed E-state index contributed by atoms with van der Waals surface area (Å²) in [6.45, 7) is 7.75. The quantitative estimate of drug-likeness (QED) is 0.870. The van der Waals surface area contributed by atoms with Crippen LogP contribution in [-0.4, -0.2) is 32.8 Å². The Labute approximate surface area is 110 Å². The zero-order valence-electron chi connectivity index (χ0n) is 11.7. The van der Waals surface area contributed by atoms with Crippen molar-refractivity contribution in [1.82, 2.24) is 5.32 Å². The SMILES string of the molecule is COc1ccc(N2CCCNC(C)CC2)cc1C. The number of benzene rings is 1. The highest BCUT2D eigenvalue weighted by Crippen LogP contribution is 2.25. The van der Waals surface area contributed by atoms with Crippen molar-refractivity contribution in [3.05, 3.63) is 23.8 Å². The van der Waals surface area contributed by atoms with E-state index in [1.165, 1.54) is 24.1 Å². The Balaban J connectivity index is 2.11. The molecule has 1 saturated heterocycles. The average molecular weight is 248 g/mol. The van der Waals surface area contributed by atoms with E-state index in [0.717, 1.165) is 25.4 Å². The average Bonchev–Trinajstić information content (AvgIpc) is 2.34. The summed E-state index contributed by atoms with van der Waals surface area (Å²) in [6, 6.07) is 7.10. The first-order chi connectivity index (χ1) is 8.70. The van der Waals surface area contributed by atoms with Crippen molar-refractivity contribution < 1.29 is 4.74 Å². The Kier molecular flexibility index (Phi) is 4.48. The van der Waals surface area contributed by atoms with E-state index in [0.29, 0.717) is 6.04 Å². The van der Waals surface area contributed by atoms with Crippen LogP contribution in [0.3, 0.4) is 0 Å². The Bertz CT molecular complexity index is 392. The van der Waals surface area contributed by atoms with Gasteiger partial charge in [0.2, 0.25) is 0 Å². The van der Waals surface area contributed by atoms with Gasteiger partial charge in [-0.1, -0.05) is 0 Å². The lowest BCUT2D eigenvalue weighted by atomic mass is 10.1. The summed E-state index contributed by atoms with van der Waals surface area (Å²) in [5, 5.41) is 3.54. The third-order valence-electron chi connectivity index (χ3n) is 3.67. The van der Waals surface area contributed by atoms with Gasteiger partial charge >= 0.3 is 0 Å². The highest BCUT2D eigenvalue weighted by atomic mass is 16.5. The molecule has 2 rings (SSSR count). The highest BCUT2D eigenvalue weighted by molar-refractivity contribution is 5.52. The van der Waals surface area contributed by atoms with E-state index >= 15 is 0 Å². The second-order valence-corrected chi connectivity index (χ2v) is 5.14. The molecule has 1 fully saturated rings. The summed E-state index contributed by atoms with van der Waals surface area (Å²) in [5.74, 6) is 0.973. The molecule has 0 aromatic heterocycles. The number of ether oxygens (including phenoxy) is 1. The minimum Gasteiger partial charge on any atom is -0.496 e. The summed E-state index contributed by atoms with van der Waals surface area (Å²) in [4.78, 5) is 2.49. The van der Waals surface area contributed by atoms with E-state index in [1.54, 1.807) is 7.11 Å². The van der Waals surface area contributed by atoms with Crippen LogP contribution < -0.4 is 15.0 Å². The first-order valence-corrected chi connectivity index (χ1v) is 6.83. The van der Waals surface area contributed by atoms with E-state index in [9.17, 15) is 0 Å². The van der Waals surface area contributed by atoms with E-state index < -0.39 is 0 Å². The van der Waals surface area contributed by atoms with Crippen LogP contribution in [0.5, 0.6) is 5.75 Å². The van der Waals surface area contributed by atoms with Crippen LogP contribution in [0.1, 0.15) is 25.3 Å². The first kappa shape index (κ1) is 13.2. The first-order valence-electron chi connectivity index (χ1n) is 6.83. The van der Waals surface area contributed by atoms with Crippen molar-refractivity contribution in [2.24, 2.45) is 0 Å². The molecule has 1 N–H and O–H groups in total. The maximum atomic E-state index is 5.32. The largest absolute Gasteiger partial charge is 0.496 e. The molecule has 1 heterocycles. The van der Waals surface area contributed by atoms with Crippen molar-refractivity contribution >= 4 is 5.69 Å². The maximum absolute atomic E-state index is 5.32. The lowest BCUT2D eigenvalue weighted by Crippen LogP contribution is -2.38. The molecule has 100 valence electrons. The zero-order chi connectivity index (χ0) is 13.0. The Morgan fingerprint density at radius 1 is 1.33 bits per heavy atom. The van der Waals surface area contributed by atoms with Gasteiger partial charge in [0, 0.05) is 24.8 Å². The fraction of sp³-hybridized carbons (Fsp3) is 0.600. The molecule has 1 aliphatic heterocycles. The molecule has 0 amide bonds. The molecule has 0 spiro atoms. The maximum Gasteiger partial charge on any atom is 0.121 e. The van der Waals surface area contributed by atoms with Crippen LogP contribution in [0.4, 0.5) is 5.69 Å². The Hall–Kier alpha value is -1.22. The van der Waals surface area contributed by atoms with Gasteiger partial charge in [-0.25, -0.2) is 0 Å². The van der Waals surface area contributed by atoms with Crippen LogP contribution in [0.25, 0.3) is 0 Å². The van der Waals surface area contributed by atoms with Crippen molar-refractivity contribution in [3.8, 4) is 5.75 Å². The van der Waals surface area contributed by atoms with Crippen LogP contribution in [-0.2, 0) is 0 Å². The van der Waals surface area contributed by atoms with Gasteiger partial charge in [0.1, 0.15) is 5.75 Å². The number of aryl methyl sites for hydroxylation is 1. The highest BCUT2D eigenvalue weighted by Gasteiger charge is 2.13. The summed E-state index contributed by atoms with van der Waals surface area (Å²) >= 11 is 0. The fourth-order valence-electron chi connectivity index (χ4n) is 2.50. The third-order valence-corrected chi connectivity index (χ3v) is 3.67. The lowest BCUT2D eigenvalue weighted by molar-refractivity contribution is 0.411. The molecule has 3 nitrogen and oxygen atoms in total. The molecule has 0 saturated carbocycles. The molecule has 1 unspecified atom stereocenters. The topological polar surface area (TPSA) is 24.5 Å². The molecule has 0 bridgehead atoms. The van der Waals surface area contributed by atoms with Gasteiger partial charge < -0.3 is 15.0 Å². The molecule has 1 atom stereocenters. The standard InChI is InChI=1S/C15H24N2O/c1-12-11-14(5-6-15(12)18-3)17-9-4-8-16-13(2)7-10-17/h5-6,11,13,16H,4,7-10H2,1-3H3. The van der Waals surface area contributed by atoms with Gasteiger partial charge in [-0.2, -0.15) is 0 Å². The number of rotatable bonds is 2. The van der Waals surface area contributed by atoms with E-state index in [1.807, 2.05) is 0 Å². The van der Waals surface area contributed by atoms with Crippen LogP contribution in [0.15, 0.2) is 18.2 Å². The normalized spacial score (nSPS) is 21.3. The number of anilines is 1. The number of methoxy groups -OCH3 is 1. The Morgan fingerprint density at radius 3 is 2.89 bits per heavy atom. The van der Waals surface area contributed by atoms with Gasteiger partial charge in [0.15, 0.2) is 0 Å². The van der Waals surface area contributed by atoms with Gasteiger partial charge in [-0.05, 0) is 57.0 Å². The number of hydrogen-bond acceptors (Lipinski definition) is 3. The van der Waals surface area contributed by atoms with E-state index in [-0.39, 0.29) is 0 Å². The van der Waals surface area contributed by atoms with Gasteiger partial charge in [-0.3, -0.25) is 0 Å². The molecule has 1 aliphatic rings. The molecule has 0 radical (unpaired) electrons. The van der Waals surface area contributed by atoms with Gasteiger partial charge in [-0.15, -0.1) is 0 Å². The zero-order valence-corrected chi connectivity index (χ0v) is 11.7. The van der Waals surface area contributed by atoms with Gasteiger partial charge in [0.25, 0.3) is 0 Å². The molecule has 0 aliphatic carbocycles. The smallest absolute Gasteiger partial charge is 0.121 e. The number of nitrogens with one attached hydrogen (secondary N) is 1. The second-order valence-electron chi connectivity index (χ2n) is 5.14. The monoisotopic (exact) mass is 248 g/mol. The molecule has 1 aromatic rings. The second kappa shape index (κ2) is 6.10. The Morgan fingerprint density at radius 2 is 2.17 bits per heavy atom. The number of nitrogens with zero attached hydrogens (tertiary/aromatic N) is 1. The van der Waals surface area contributed by atoms with E-state index in [4.69, 9.17) is 4.74 Å². The third kappa shape index (κ3) is 3.16. The van der Waals surface area contributed by atoms with Crippen molar-refractivity contribution in [2.75, 3.05) is 31.6 Å². The summed E-state index contributed by atoms with van der Waals surface area (Å²) in [5.41, 5.74) is 2.53. The van der Waals surface area contributed by atoms with Crippen LogP contribution >= 0.6 is 0 Å². The van der Waals surface area contributed by atoms with Crippen molar-refractivity contribution in [2.45, 2.75) is 32.7 Å². The van der Waals surface area contributed by atoms with Crippen molar-refractivity contribution in [3.63, 3.8) is 0 Å². The predicted octanol–water partition coefficient (Wildman–Crippen LogP) is 2.58. The van der Waals surface area contributed by atoms with Crippen molar-refractivity contribution in [1.29, 1.82) is 0 Å². The minimum atomic E-state index is 0.618. The molecular weight excluding hydrogens is 224 g/mol. The van der Waals surface area contributed by atoms with Crippen LogP contribution in [0.2, 0.25) is 0 Å². The minimum absolute atomic E-state index is 0.618. The molecule has 1 aromatic carbocycles. The van der Waals surface area contributed by atoms with Crippen LogP contribution in [0, 0.1) is 6.92 Å². The van der Waals surface area contributed by atoms with Gasteiger partial charge in [0.05, 0.1) is 7.11 Å².